The summed E-state index contributed by atoms with van der Waals surface area (Å²) in [6.45, 7) is 3.17. The molecule has 0 atom stereocenters. The molecule has 0 bridgehead atoms. The fourth-order valence-electron chi connectivity index (χ4n) is 3.18. The first-order valence-corrected chi connectivity index (χ1v) is 8.61. The van der Waals surface area contributed by atoms with E-state index in [-0.39, 0.29) is 5.91 Å². The number of para-hydroxylation sites is 1. The third kappa shape index (κ3) is 3.24. The molecule has 0 spiro atoms. The highest BCUT2D eigenvalue weighted by Crippen LogP contribution is 2.21. The molecule has 0 aliphatic carbocycles. The van der Waals surface area contributed by atoms with Crippen LogP contribution in [0.4, 0.5) is 0 Å². The molecular formula is C21H20N4O. The molecule has 0 unspecified atom stereocenters. The molecule has 1 amide bonds. The first-order chi connectivity index (χ1) is 12.7. The van der Waals surface area contributed by atoms with Crippen molar-refractivity contribution in [3.63, 3.8) is 0 Å². The maximum absolute atomic E-state index is 12.6. The molecule has 0 aliphatic heterocycles. The van der Waals surface area contributed by atoms with Crippen LogP contribution in [-0.2, 0) is 13.1 Å². The van der Waals surface area contributed by atoms with Gasteiger partial charge in [-0.1, -0.05) is 42.5 Å². The van der Waals surface area contributed by atoms with E-state index < -0.39 is 0 Å². The van der Waals surface area contributed by atoms with Crippen molar-refractivity contribution in [3.8, 4) is 0 Å². The standard InChI is InChI=1S/C21H20N4O/c1-15-20(18-5-2-3-6-19(18)24-15)21(26)22-13-16-7-9-17(10-8-16)14-25-12-4-11-23-25/h2-12,24H,13-14H2,1H3,(H,22,26). The number of aromatic nitrogens is 3. The molecule has 0 saturated heterocycles. The highest BCUT2D eigenvalue weighted by atomic mass is 16.1. The monoisotopic (exact) mass is 344 g/mol. The van der Waals surface area contributed by atoms with Crippen LogP contribution in [-0.4, -0.2) is 20.7 Å². The van der Waals surface area contributed by atoms with Gasteiger partial charge in [0.1, 0.15) is 0 Å². The van der Waals surface area contributed by atoms with E-state index in [1.165, 1.54) is 5.56 Å². The number of aromatic amines is 1. The smallest absolute Gasteiger partial charge is 0.253 e. The van der Waals surface area contributed by atoms with Crippen molar-refractivity contribution in [3.05, 3.63) is 89.4 Å². The molecule has 5 nitrogen and oxygen atoms in total. The lowest BCUT2D eigenvalue weighted by molar-refractivity contribution is 0.0952. The quantitative estimate of drug-likeness (QED) is 0.580. The van der Waals surface area contributed by atoms with Gasteiger partial charge in [0, 0.05) is 35.5 Å². The highest BCUT2D eigenvalue weighted by Gasteiger charge is 2.15. The molecule has 0 aliphatic rings. The summed E-state index contributed by atoms with van der Waals surface area (Å²) >= 11 is 0. The zero-order valence-electron chi connectivity index (χ0n) is 14.6. The third-order valence-electron chi connectivity index (χ3n) is 4.50. The summed E-state index contributed by atoms with van der Waals surface area (Å²) in [5.74, 6) is -0.0550. The van der Waals surface area contributed by atoms with E-state index in [0.29, 0.717) is 6.54 Å². The van der Waals surface area contributed by atoms with Crippen molar-refractivity contribution in [1.29, 1.82) is 0 Å². The minimum atomic E-state index is -0.0550. The second-order valence-corrected chi connectivity index (χ2v) is 6.37. The van der Waals surface area contributed by atoms with E-state index in [4.69, 9.17) is 0 Å². The van der Waals surface area contributed by atoms with Crippen LogP contribution >= 0.6 is 0 Å². The average molecular weight is 344 g/mol. The number of benzene rings is 2. The first kappa shape index (κ1) is 16.1. The van der Waals surface area contributed by atoms with Crippen LogP contribution in [0.15, 0.2) is 67.0 Å². The normalized spacial score (nSPS) is 11.0. The minimum Gasteiger partial charge on any atom is -0.358 e. The Balaban J connectivity index is 1.43. The summed E-state index contributed by atoms with van der Waals surface area (Å²) < 4.78 is 1.89. The molecule has 5 heteroatoms. The number of H-pyrrole nitrogens is 1. The number of nitrogens with one attached hydrogen (secondary N) is 2. The van der Waals surface area contributed by atoms with Gasteiger partial charge in [-0.2, -0.15) is 5.10 Å². The lowest BCUT2D eigenvalue weighted by atomic mass is 10.1. The zero-order valence-corrected chi connectivity index (χ0v) is 14.6. The van der Waals surface area contributed by atoms with E-state index >= 15 is 0 Å². The fraction of sp³-hybridized carbons (Fsp3) is 0.143. The number of hydrogen-bond donors (Lipinski definition) is 2. The Morgan fingerprint density at radius 1 is 1.08 bits per heavy atom. The van der Waals surface area contributed by atoms with E-state index in [9.17, 15) is 4.79 Å². The minimum absolute atomic E-state index is 0.0550. The largest absolute Gasteiger partial charge is 0.358 e. The predicted octanol–water partition coefficient (Wildman–Crippen LogP) is 3.65. The van der Waals surface area contributed by atoms with Crippen molar-refractivity contribution in [2.24, 2.45) is 0 Å². The summed E-state index contributed by atoms with van der Waals surface area (Å²) in [5.41, 5.74) is 4.84. The maximum Gasteiger partial charge on any atom is 0.253 e. The van der Waals surface area contributed by atoms with Gasteiger partial charge < -0.3 is 10.3 Å². The van der Waals surface area contributed by atoms with Crippen molar-refractivity contribution in [2.75, 3.05) is 0 Å². The number of carbonyl (C=O) groups excluding carboxylic acids is 1. The number of fused-ring (bicyclic) bond motifs is 1. The molecule has 0 radical (unpaired) electrons. The fourth-order valence-corrected chi connectivity index (χ4v) is 3.18. The van der Waals surface area contributed by atoms with Crippen LogP contribution < -0.4 is 5.32 Å². The van der Waals surface area contributed by atoms with Gasteiger partial charge in [0.05, 0.1) is 12.1 Å². The molecule has 0 fully saturated rings. The lowest BCUT2D eigenvalue weighted by Crippen LogP contribution is -2.23. The van der Waals surface area contributed by atoms with Gasteiger partial charge in [0.25, 0.3) is 5.91 Å². The van der Waals surface area contributed by atoms with Crippen LogP contribution in [0.3, 0.4) is 0 Å². The Bertz CT molecular complexity index is 1030. The molecule has 0 saturated carbocycles. The Morgan fingerprint density at radius 2 is 1.85 bits per heavy atom. The average Bonchev–Trinajstić information content (AvgIpc) is 3.27. The van der Waals surface area contributed by atoms with Crippen LogP contribution in [0.25, 0.3) is 10.9 Å². The van der Waals surface area contributed by atoms with Gasteiger partial charge in [0.15, 0.2) is 0 Å². The van der Waals surface area contributed by atoms with E-state index in [1.54, 1.807) is 6.20 Å². The molecule has 2 N–H and O–H groups in total. The molecule has 26 heavy (non-hydrogen) atoms. The summed E-state index contributed by atoms with van der Waals surface area (Å²) in [6.07, 6.45) is 3.72. The number of carbonyl (C=O) groups is 1. The second-order valence-electron chi connectivity index (χ2n) is 6.37. The van der Waals surface area contributed by atoms with E-state index in [0.717, 1.165) is 34.3 Å². The molecule has 4 rings (SSSR count). The number of nitrogens with zero attached hydrogens (tertiary/aromatic N) is 2. The molecular weight excluding hydrogens is 324 g/mol. The van der Waals surface area contributed by atoms with Crippen LogP contribution in [0.2, 0.25) is 0 Å². The Kier molecular flexibility index (Phi) is 4.27. The molecule has 2 aromatic carbocycles. The predicted molar refractivity (Wildman–Crippen MR) is 102 cm³/mol. The van der Waals surface area contributed by atoms with Crippen LogP contribution in [0.1, 0.15) is 27.2 Å². The number of aryl methyl sites for hydroxylation is 1. The van der Waals surface area contributed by atoms with Crippen molar-refractivity contribution in [2.45, 2.75) is 20.0 Å². The summed E-state index contributed by atoms with van der Waals surface area (Å²) in [7, 11) is 0. The van der Waals surface area contributed by atoms with E-state index in [2.05, 4.69) is 27.5 Å². The number of rotatable bonds is 5. The third-order valence-corrected chi connectivity index (χ3v) is 4.50. The van der Waals surface area contributed by atoms with Gasteiger partial charge in [-0.15, -0.1) is 0 Å². The van der Waals surface area contributed by atoms with Crippen molar-refractivity contribution < 1.29 is 4.79 Å². The topological polar surface area (TPSA) is 62.7 Å². The van der Waals surface area contributed by atoms with Gasteiger partial charge >= 0.3 is 0 Å². The summed E-state index contributed by atoms with van der Waals surface area (Å²) in [6, 6.07) is 18.0. The van der Waals surface area contributed by atoms with Crippen molar-refractivity contribution in [1.82, 2.24) is 20.1 Å². The zero-order chi connectivity index (χ0) is 17.9. The van der Waals surface area contributed by atoms with Crippen LogP contribution in [0, 0.1) is 6.92 Å². The van der Waals surface area contributed by atoms with Crippen molar-refractivity contribution >= 4 is 16.8 Å². The SMILES string of the molecule is Cc1[nH]c2ccccc2c1C(=O)NCc1ccc(Cn2cccn2)cc1. The van der Waals surface area contributed by atoms with Gasteiger partial charge in [-0.05, 0) is 30.2 Å². The molecule has 130 valence electrons. The number of hydrogen-bond acceptors (Lipinski definition) is 2. The molecule has 4 aromatic rings. The Hall–Kier alpha value is -3.34. The van der Waals surface area contributed by atoms with Crippen LogP contribution in [0.5, 0.6) is 0 Å². The Morgan fingerprint density at radius 3 is 2.62 bits per heavy atom. The lowest BCUT2D eigenvalue weighted by Gasteiger charge is -2.07. The molecule has 2 aromatic heterocycles. The van der Waals surface area contributed by atoms with Gasteiger partial charge in [0.2, 0.25) is 0 Å². The highest BCUT2D eigenvalue weighted by molar-refractivity contribution is 6.08. The molecule has 2 heterocycles. The van der Waals surface area contributed by atoms with Gasteiger partial charge in [-0.25, -0.2) is 0 Å². The second kappa shape index (κ2) is 6.88. The first-order valence-electron chi connectivity index (χ1n) is 8.61. The number of amides is 1. The summed E-state index contributed by atoms with van der Waals surface area (Å²) in [5, 5.41) is 8.19. The Labute approximate surface area is 151 Å². The van der Waals surface area contributed by atoms with Gasteiger partial charge in [-0.3, -0.25) is 9.48 Å². The summed E-state index contributed by atoms with van der Waals surface area (Å²) in [4.78, 5) is 15.9. The van der Waals surface area contributed by atoms with E-state index in [1.807, 2.05) is 60.3 Å². The maximum atomic E-state index is 12.6.